The number of hydrogen-bond donors (Lipinski definition) is 0. The second kappa shape index (κ2) is 8.33. The van der Waals surface area contributed by atoms with Crippen molar-refractivity contribution in [1.82, 2.24) is 4.90 Å². The molecule has 2 aromatic rings. The predicted molar refractivity (Wildman–Crippen MR) is 96.2 cm³/mol. The predicted octanol–water partition coefficient (Wildman–Crippen LogP) is 4.12. The average molecular weight is 307 g/mol. The summed E-state index contributed by atoms with van der Waals surface area (Å²) >= 11 is 0. The highest BCUT2D eigenvalue weighted by molar-refractivity contribution is 5.87. The van der Waals surface area contributed by atoms with Crippen LogP contribution in [0, 0.1) is 5.92 Å². The van der Waals surface area contributed by atoms with E-state index < -0.39 is 0 Å². The number of hydrogen-bond acceptors (Lipinski definition) is 2. The Morgan fingerprint density at radius 1 is 0.913 bits per heavy atom. The zero-order valence-corrected chi connectivity index (χ0v) is 14.2. The van der Waals surface area contributed by atoms with E-state index in [4.69, 9.17) is 0 Å². The third-order valence-corrected chi connectivity index (χ3v) is 3.94. The minimum Gasteiger partial charge on any atom is -0.381 e. The number of rotatable bonds is 7. The van der Waals surface area contributed by atoms with Crippen LogP contribution in [0.15, 0.2) is 72.4 Å². The molecule has 0 N–H and O–H groups in total. The summed E-state index contributed by atoms with van der Waals surface area (Å²) in [4.78, 5) is 13.7. The summed E-state index contributed by atoms with van der Waals surface area (Å²) in [6.07, 6.45) is 3.62. The zero-order chi connectivity index (χ0) is 16.7. The molecule has 0 aliphatic heterocycles. The van der Waals surface area contributed by atoms with Gasteiger partial charge in [0.2, 0.25) is 0 Å². The van der Waals surface area contributed by atoms with Gasteiger partial charge in [0.15, 0.2) is 5.78 Å². The number of carbonyl (C=O) groups is 1. The van der Waals surface area contributed by atoms with Crippen molar-refractivity contribution in [3.63, 3.8) is 0 Å². The highest BCUT2D eigenvalue weighted by Crippen LogP contribution is 2.23. The molecule has 2 heteroatoms. The summed E-state index contributed by atoms with van der Waals surface area (Å²) in [5.74, 6) is 0.374. The highest BCUT2D eigenvalue weighted by atomic mass is 16.1. The summed E-state index contributed by atoms with van der Waals surface area (Å²) in [6, 6.07) is 21.0. The first-order chi connectivity index (χ1) is 11.1. The summed E-state index contributed by atoms with van der Waals surface area (Å²) < 4.78 is 0. The Morgan fingerprint density at radius 3 is 1.70 bits per heavy atom. The molecule has 2 aromatic carbocycles. The molecule has 0 unspecified atom stereocenters. The molecule has 0 spiro atoms. The van der Waals surface area contributed by atoms with Crippen molar-refractivity contribution in [2.75, 3.05) is 14.1 Å². The third kappa shape index (κ3) is 5.41. The Hall–Kier alpha value is -2.35. The van der Waals surface area contributed by atoms with Crippen molar-refractivity contribution in [3.05, 3.63) is 83.6 Å². The molecule has 0 saturated heterocycles. The van der Waals surface area contributed by atoms with Crippen molar-refractivity contribution in [1.29, 1.82) is 0 Å². The van der Waals surface area contributed by atoms with Crippen LogP contribution in [-0.4, -0.2) is 24.8 Å². The van der Waals surface area contributed by atoms with Crippen LogP contribution < -0.4 is 0 Å². The maximum Gasteiger partial charge on any atom is 0.154 e. The van der Waals surface area contributed by atoms with Crippen molar-refractivity contribution in [3.8, 4) is 0 Å². The van der Waals surface area contributed by atoms with Crippen LogP contribution in [-0.2, 0) is 17.6 Å². The second-order valence-corrected chi connectivity index (χ2v) is 6.15. The fourth-order valence-electron chi connectivity index (χ4n) is 2.90. The fraction of sp³-hybridized carbons (Fsp3) is 0.286. The molecule has 2 nitrogen and oxygen atoms in total. The molecule has 0 saturated carbocycles. The van der Waals surface area contributed by atoms with Crippen LogP contribution in [0.2, 0.25) is 0 Å². The van der Waals surface area contributed by atoms with Gasteiger partial charge in [0.25, 0.3) is 0 Å². The smallest absolute Gasteiger partial charge is 0.154 e. The maximum atomic E-state index is 11.7. The lowest BCUT2D eigenvalue weighted by Gasteiger charge is -2.27. The van der Waals surface area contributed by atoms with Gasteiger partial charge in [-0.25, -0.2) is 0 Å². The van der Waals surface area contributed by atoms with E-state index in [1.54, 1.807) is 13.0 Å². The van der Waals surface area contributed by atoms with E-state index in [0.29, 0.717) is 0 Å². The number of ketones is 1. The van der Waals surface area contributed by atoms with Crippen LogP contribution >= 0.6 is 0 Å². The molecule has 0 aliphatic rings. The van der Waals surface area contributed by atoms with E-state index in [1.807, 2.05) is 26.2 Å². The van der Waals surface area contributed by atoms with Gasteiger partial charge in [0.05, 0.1) is 0 Å². The van der Waals surface area contributed by atoms with E-state index in [0.717, 1.165) is 18.5 Å². The Kier molecular flexibility index (Phi) is 6.16. The molecule has 0 aliphatic carbocycles. The zero-order valence-electron chi connectivity index (χ0n) is 14.2. The second-order valence-electron chi connectivity index (χ2n) is 6.15. The molecule has 0 heterocycles. The summed E-state index contributed by atoms with van der Waals surface area (Å²) in [5, 5.41) is 0. The lowest BCUT2D eigenvalue weighted by Crippen LogP contribution is -2.24. The van der Waals surface area contributed by atoms with Gasteiger partial charge < -0.3 is 4.90 Å². The molecule has 0 atom stereocenters. The molecule has 0 radical (unpaired) electrons. The standard InChI is InChI=1S/C21H25NO/c1-17(23)14-21(22(2)3)20(15-18-10-6-4-7-11-18)16-19-12-8-5-9-13-19/h4-14,20H,15-16H2,1-3H3/b21-14+. The van der Waals surface area contributed by atoms with Crippen LogP contribution in [0.1, 0.15) is 18.1 Å². The van der Waals surface area contributed by atoms with Gasteiger partial charge in [-0.1, -0.05) is 60.7 Å². The molecule has 23 heavy (non-hydrogen) atoms. The van der Waals surface area contributed by atoms with Crippen LogP contribution in [0.25, 0.3) is 0 Å². The first kappa shape index (κ1) is 17.0. The van der Waals surface area contributed by atoms with Gasteiger partial charge in [0.1, 0.15) is 0 Å². The summed E-state index contributed by atoms with van der Waals surface area (Å²) in [5.41, 5.74) is 3.68. The van der Waals surface area contributed by atoms with E-state index >= 15 is 0 Å². The molecule has 0 aromatic heterocycles. The van der Waals surface area contributed by atoms with Gasteiger partial charge in [-0.15, -0.1) is 0 Å². The van der Waals surface area contributed by atoms with E-state index in [2.05, 4.69) is 53.4 Å². The number of nitrogens with zero attached hydrogens (tertiary/aromatic N) is 1. The molecule has 0 bridgehead atoms. The minimum absolute atomic E-state index is 0.0971. The third-order valence-electron chi connectivity index (χ3n) is 3.94. The summed E-state index contributed by atoms with van der Waals surface area (Å²) in [7, 11) is 4.02. The van der Waals surface area contributed by atoms with Gasteiger partial charge in [-0.3, -0.25) is 4.79 Å². The highest BCUT2D eigenvalue weighted by Gasteiger charge is 2.18. The van der Waals surface area contributed by atoms with Crippen molar-refractivity contribution in [2.45, 2.75) is 19.8 Å². The van der Waals surface area contributed by atoms with Crippen molar-refractivity contribution < 1.29 is 4.79 Å². The van der Waals surface area contributed by atoms with E-state index in [-0.39, 0.29) is 11.7 Å². The summed E-state index contributed by atoms with van der Waals surface area (Å²) in [6.45, 7) is 1.62. The minimum atomic E-state index is 0.0971. The first-order valence-corrected chi connectivity index (χ1v) is 8.03. The average Bonchev–Trinajstić information content (AvgIpc) is 2.53. The lowest BCUT2D eigenvalue weighted by molar-refractivity contribution is -0.112. The van der Waals surface area contributed by atoms with Crippen molar-refractivity contribution in [2.24, 2.45) is 5.92 Å². The Bertz CT molecular complexity index is 603. The van der Waals surface area contributed by atoms with E-state index in [1.165, 1.54) is 11.1 Å². The maximum absolute atomic E-state index is 11.7. The molecule has 2 rings (SSSR count). The van der Waals surface area contributed by atoms with Gasteiger partial charge >= 0.3 is 0 Å². The Balaban J connectivity index is 2.31. The SMILES string of the molecule is CC(=O)/C=C(\C(Cc1ccccc1)Cc1ccccc1)N(C)C. The lowest BCUT2D eigenvalue weighted by atomic mass is 9.88. The van der Waals surface area contributed by atoms with Gasteiger partial charge in [0, 0.05) is 31.8 Å². The van der Waals surface area contributed by atoms with Gasteiger partial charge in [-0.2, -0.15) is 0 Å². The van der Waals surface area contributed by atoms with Crippen LogP contribution in [0.3, 0.4) is 0 Å². The molecule has 0 fully saturated rings. The number of carbonyl (C=O) groups excluding carboxylic acids is 1. The number of allylic oxidation sites excluding steroid dienone is 2. The quantitative estimate of drug-likeness (QED) is 0.717. The monoisotopic (exact) mass is 307 g/mol. The van der Waals surface area contributed by atoms with Crippen LogP contribution in [0.4, 0.5) is 0 Å². The topological polar surface area (TPSA) is 20.3 Å². The number of benzene rings is 2. The van der Waals surface area contributed by atoms with Gasteiger partial charge in [-0.05, 0) is 30.9 Å². The largest absolute Gasteiger partial charge is 0.381 e. The Labute approximate surface area is 139 Å². The first-order valence-electron chi connectivity index (χ1n) is 8.03. The molecular formula is C21H25NO. The molecule has 120 valence electrons. The normalized spacial score (nSPS) is 11.6. The molecule has 0 amide bonds. The Morgan fingerprint density at radius 2 is 1.35 bits per heavy atom. The van der Waals surface area contributed by atoms with E-state index in [9.17, 15) is 4.79 Å². The fourth-order valence-corrected chi connectivity index (χ4v) is 2.90. The van der Waals surface area contributed by atoms with Crippen molar-refractivity contribution >= 4 is 5.78 Å². The molecular weight excluding hydrogens is 282 g/mol. The van der Waals surface area contributed by atoms with Crippen LogP contribution in [0.5, 0.6) is 0 Å².